The molecule has 0 aliphatic carbocycles. The Bertz CT molecular complexity index is 339. The van der Waals surface area contributed by atoms with Crippen LogP contribution in [0.5, 0.6) is 5.75 Å². The minimum atomic E-state index is 0.265. The Kier molecular flexibility index (Phi) is 6.58. The van der Waals surface area contributed by atoms with Crippen molar-refractivity contribution in [3.05, 3.63) is 24.3 Å². The summed E-state index contributed by atoms with van der Waals surface area (Å²) in [6, 6.07) is 8.23. The summed E-state index contributed by atoms with van der Waals surface area (Å²) in [7, 11) is 4.08. The Hall–Kier alpha value is -1.22. The lowest BCUT2D eigenvalue weighted by Crippen LogP contribution is -2.18. The van der Waals surface area contributed by atoms with Gasteiger partial charge in [0.15, 0.2) is 0 Å². The van der Waals surface area contributed by atoms with E-state index in [1.807, 2.05) is 26.2 Å². The maximum atomic E-state index is 5.93. The van der Waals surface area contributed by atoms with Gasteiger partial charge in [0, 0.05) is 25.8 Å². The molecule has 0 saturated heterocycles. The van der Waals surface area contributed by atoms with Gasteiger partial charge in [0.1, 0.15) is 5.75 Å². The zero-order valence-electron chi connectivity index (χ0n) is 12.1. The molecule has 0 fully saturated rings. The van der Waals surface area contributed by atoms with Gasteiger partial charge in [-0.3, -0.25) is 0 Å². The average molecular weight is 250 g/mol. The number of benzene rings is 1. The van der Waals surface area contributed by atoms with Gasteiger partial charge in [-0.05, 0) is 45.0 Å². The first-order valence-corrected chi connectivity index (χ1v) is 6.78. The first-order valence-electron chi connectivity index (χ1n) is 6.78. The van der Waals surface area contributed by atoms with Gasteiger partial charge in [0.25, 0.3) is 0 Å². The van der Waals surface area contributed by atoms with Crippen molar-refractivity contribution in [3.63, 3.8) is 0 Å². The normalized spacial score (nSPS) is 12.2. The van der Waals surface area contributed by atoms with E-state index >= 15 is 0 Å². The highest BCUT2D eigenvalue weighted by atomic mass is 16.5. The lowest BCUT2D eigenvalue weighted by molar-refractivity contribution is 0.207. The minimum absolute atomic E-state index is 0.265. The summed E-state index contributed by atoms with van der Waals surface area (Å²) in [4.78, 5) is 2.09. The Morgan fingerprint density at radius 2 is 2.11 bits per heavy atom. The van der Waals surface area contributed by atoms with Gasteiger partial charge in [-0.1, -0.05) is 13.0 Å². The first kappa shape index (κ1) is 14.8. The summed E-state index contributed by atoms with van der Waals surface area (Å²) in [5, 5.41) is 3.33. The van der Waals surface area contributed by atoms with Crippen LogP contribution in [0.3, 0.4) is 0 Å². The zero-order chi connectivity index (χ0) is 13.4. The van der Waals surface area contributed by atoms with Crippen LogP contribution in [0.25, 0.3) is 0 Å². The zero-order valence-corrected chi connectivity index (χ0v) is 12.1. The third kappa shape index (κ3) is 5.41. The topological polar surface area (TPSA) is 24.5 Å². The Balaban J connectivity index is 2.39. The maximum absolute atomic E-state index is 5.93. The van der Waals surface area contributed by atoms with E-state index in [0.29, 0.717) is 0 Å². The van der Waals surface area contributed by atoms with Gasteiger partial charge in [0.2, 0.25) is 0 Å². The fourth-order valence-electron chi connectivity index (χ4n) is 1.82. The molecule has 0 radical (unpaired) electrons. The highest BCUT2D eigenvalue weighted by molar-refractivity contribution is 5.49. The molecule has 0 aliphatic rings. The van der Waals surface area contributed by atoms with Crippen LogP contribution in [0.2, 0.25) is 0 Å². The molecular weight excluding hydrogens is 224 g/mol. The highest BCUT2D eigenvalue weighted by Crippen LogP contribution is 2.21. The molecule has 1 N–H and O–H groups in total. The molecule has 3 nitrogen and oxygen atoms in total. The lowest BCUT2D eigenvalue weighted by atomic mass is 10.2. The second-order valence-electron chi connectivity index (χ2n) is 4.82. The van der Waals surface area contributed by atoms with Crippen LogP contribution in [0.15, 0.2) is 24.3 Å². The number of nitrogens with one attached hydrogen (secondary N) is 1. The van der Waals surface area contributed by atoms with Crippen molar-refractivity contribution in [2.75, 3.05) is 32.1 Å². The second kappa shape index (κ2) is 7.98. The van der Waals surface area contributed by atoms with E-state index < -0.39 is 0 Å². The number of rotatable bonds is 8. The van der Waals surface area contributed by atoms with Gasteiger partial charge < -0.3 is 15.0 Å². The van der Waals surface area contributed by atoms with Crippen LogP contribution in [-0.2, 0) is 0 Å². The smallest absolute Gasteiger partial charge is 0.121 e. The molecule has 1 atom stereocenters. The molecule has 0 aliphatic heterocycles. The van der Waals surface area contributed by atoms with Gasteiger partial charge in [-0.15, -0.1) is 0 Å². The predicted molar refractivity (Wildman–Crippen MR) is 78.6 cm³/mol. The molecule has 1 aromatic rings. The van der Waals surface area contributed by atoms with Crippen LogP contribution in [0.4, 0.5) is 5.69 Å². The Morgan fingerprint density at radius 1 is 1.33 bits per heavy atom. The number of ether oxygens (including phenoxy) is 1. The number of nitrogens with zero attached hydrogens (tertiary/aromatic N) is 1. The van der Waals surface area contributed by atoms with Crippen molar-refractivity contribution >= 4 is 5.69 Å². The van der Waals surface area contributed by atoms with Crippen molar-refractivity contribution in [3.8, 4) is 5.75 Å². The molecule has 1 aromatic carbocycles. The maximum Gasteiger partial charge on any atom is 0.121 e. The fourth-order valence-corrected chi connectivity index (χ4v) is 1.82. The van der Waals surface area contributed by atoms with Crippen molar-refractivity contribution in [2.24, 2.45) is 0 Å². The van der Waals surface area contributed by atoms with E-state index in [0.717, 1.165) is 31.7 Å². The molecule has 0 bridgehead atoms. The summed E-state index contributed by atoms with van der Waals surface area (Å²) in [5.74, 6) is 0.956. The summed E-state index contributed by atoms with van der Waals surface area (Å²) in [6.07, 6.45) is 2.50. The first-order chi connectivity index (χ1) is 8.63. The van der Waals surface area contributed by atoms with E-state index in [-0.39, 0.29) is 6.10 Å². The molecule has 1 unspecified atom stereocenters. The van der Waals surface area contributed by atoms with Crippen LogP contribution < -0.4 is 15.0 Å². The van der Waals surface area contributed by atoms with E-state index in [1.165, 1.54) is 5.69 Å². The fraction of sp³-hybridized carbons (Fsp3) is 0.600. The second-order valence-corrected chi connectivity index (χ2v) is 4.82. The highest BCUT2D eigenvalue weighted by Gasteiger charge is 2.05. The number of hydrogen-bond acceptors (Lipinski definition) is 3. The van der Waals surface area contributed by atoms with Gasteiger partial charge in [-0.2, -0.15) is 0 Å². The van der Waals surface area contributed by atoms with Crippen molar-refractivity contribution in [2.45, 2.75) is 32.8 Å². The molecular formula is C15H26N2O. The average Bonchev–Trinajstić information content (AvgIpc) is 2.35. The van der Waals surface area contributed by atoms with E-state index in [4.69, 9.17) is 4.74 Å². The molecule has 0 heterocycles. The summed E-state index contributed by atoms with van der Waals surface area (Å²) in [5.41, 5.74) is 1.17. The lowest BCUT2D eigenvalue weighted by Gasteiger charge is -2.17. The van der Waals surface area contributed by atoms with E-state index in [2.05, 4.69) is 36.2 Å². The molecule has 1 rings (SSSR count). The molecule has 18 heavy (non-hydrogen) atoms. The minimum Gasteiger partial charge on any atom is -0.491 e. The molecule has 0 spiro atoms. The largest absolute Gasteiger partial charge is 0.491 e. The third-order valence-electron chi connectivity index (χ3n) is 2.89. The summed E-state index contributed by atoms with van der Waals surface area (Å²) < 4.78 is 5.93. The number of hydrogen-bond donors (Lipinski definition) is 1. The van der Waals surface area contributed by atoms with Gasteiger partial charge in [0.05, 0.1) is 6.10 Å². The third-order valence-corrected chi connectivity index (χ3v) is 2.89. The van der Waals surface area contributed by atoms with Crippen molar-refractivity contribution in [1.82, 2.24) is 5.32 Å². The molecule has 3 heteroatoms. The van der Waals surface area contributed by atoms with E-state index in [1.54, 1.807) is 0 Å². The number of anilines is 1. The monoisotopic (exact) mass is 250 g/mol. The summed E-state index contributed by atoms with van der Waals surface area (Å²) in [6.45, 7) is 6.38. The Morgan fingerprint density at radius 3 is 2.78 bits per heavy atom. The standard InChI is InChI=1S/C15H26N2O/c1-5-16-11-7-8-13(2)18-15-10-6-9-14(12-15)17(3)4/h6,9-10,12-13,16H,5,7-8,11H2,1-4H3. The van der Waals surface area contributed by atoms with Crippen LogP contribution >= 0.6 is 0 Å². The molecule has 0 aromatic heterocycles. The van der Waals surface area contributed by atoms with Crippen LogP contribution in [-0.4, -0.2) is 33.3 Å². The predicted octanol–water partition coefficient (Wildman–Crippen LogP) is 2.91. The molecule has 0 saturated carbocycles. The van der Waals surface area contributed by atoms with Crippen LogP contribution in [0, 0.1) is 0 Å². The van der Waals surface area contributed by atoms with Gasteiger partial charge >= 0.3 is 0 Å². The van der Waals surface area contributed by atoms with Gasteiger partial charge in [-0.25, -0.2) is 0 Å². The van der Waals surface area contributed by atoms with Crippen molar-refractivity contribution < 1.29 is 4.74 Å². The SMILES string of the molecule is CCNCCCC(C)Oc1cccc(N(C)C)c1. The Labute approximate surface area is 111 Å². The quantitative estimate of drug-likeness (QED) is 0.718. The summed E-state index contributed by atoms with van der Waals surface area (Å²) >= 11 is 0. The van der Waals surface area contributed by atoms with Crippen LogP contribution in [0.1, 0.15) is 26.7 Å². The van der Waals surface area contributed by atoms with Crippen molar-refractivity contribution in [1.29, 1.82) is 0 Å². The molecule has 102 valence electrons. The molecule has 0 amide bonds. The van der Waals surface area contributed by atoms with E-state index in [9.17, 15) is 0 Å².